The van der Waals surface area contributed by atoms with Gasteiger partial charge in [0.25, 0.3) is 0 Å². The summed E-state index contributed by atoms with van der Waals surface area (Å²) in [6.07, 6.45) is 7.60. The molecular weight excluding hydrogens is 320 g/mol. The highest BCUT2D eigenvalue weighted by molar-refractivity contribution is 7.89. The van der Waals surface area contributed by atoms with E-state index in [9.17, 15) is 13.7 Å². The average molecular weight is 349 g/mol. The topological polar surface area (TPSA) is 70.0 Å². The highest BCUT2D eigenvalue weighted by atomic mass is 32.2. The van der Waals surface area contributed by atoms with Gasteiger partial charge in [0.15, 0.2) is 0 Å². The van der Waals surface area contributed by atoms with Crippen LogP contribution in [0.25, 0.3) is 0 Å². The van der Waals surface area contributed by atoms with E-state index in [1.807, 2.05) is 32.9 Å². The Kier molecular flexibility index (Phi) is 6.42. The van der Waals surface area contributed by atoms with Crippen LogP contribution in [-0.4, -0.2) is 14.5 Å². The molecule has 1 aromatic rings. The van der Waals surface area contributed by atoms with Gasteiger partial charge in [-0.1, -0.05) is 49.8 Å². The summed E-state index contributed by atoms with van der Waals surface area (Å²) in [4.78, 5) is 0.319. The SMILES string of the molecule is Cc1cc(C)c(S(=O)(=O)N[C@H](C#N)C2CCCCCCC2)c(C)c1. The van der Waals surface area contributed by atoms with Crippen molar-refractivity contribution >= 4 is 10.0 Å². The van der Waals surface area contributed by atoms with E-state index in [0.29, 0.717) is 4.90 Å². The monoisotopic (exact) mass is 348 g/mol. The van der Waals surface area contributed by atoms with Gasteiger partial charge < -0.3 is 0 Å². The zero-order valence-electron chi connectivity index (χ0n) is 14.9. The third kappa shape index (κ3) is 4.58. The van der Waals surface area contributed by atoms with Crippen molar-refractivity contribution in [3.05, 3.63) is 28.8 Å². The molecular formula is C19H28N2O2S. The first-order valence-electron chi connectivity index (χ1n) is 8.85. The smallest absolute Gasteiger partial charge is 0.207 e. The number of hydrogen-bond acceptors (Lipinski definition) is 3. The summed E-state index contributed by atoms with van der Waals surface area (Å²) in [6, 6.07) is 5.31. The Morgan fingerprint density at radius 2 is 1.54 bits per heavy atom. The third-order valence-electron chi connectivity index (χ3n) is 4.92. The maximum Gasteiger partial charge on any atom is 0.242 e. The lowest BCUT2D eigenvalue weighted by Gasteiger charge is -2.25. The van der Waals surface area contributed by atoms with Gasteiger partial charge in [0.1, 0.15) is 6.04 Å². The molecule has 0 saturated heterocycles. The van der Waals surface area contributed by atoms with Gasteiger partial charge in [0.05, 0.1) is 11.0 Å². The van der Waals surface area contributed by atoms with Crippen molar-refractivity contribution in [1.29, 1.82) is 5.26 Å². The highest BCUT2D eigenvalue weighted by Crippen LogP contribution is 2.27. The maximum atomic E-state index is 12.9. The maximum absolute atomic E-state index is 12.9. The molecule has 2 rings (SSSR count). The van der Waals surface area contributed by atoms with Crippen LogP contribution in [0.1, 0.15) is 61.6 Å². The molecule has 24 heavy (non-hydrogen) atoms. The van der Waals surface area contributed by atoms with Crippen molar-refractivity contribution in [2.24, 2.45) is 5.92 Å². The molecule has 1 fully saturated rings. The van der Waals surface area contributed by atoms with Gasteiger partial charge in [-0.15, -0.1) is 0 Å². The van der Waals surface area contributed by atoms with Gasteiger partial charge in [0, 0.05) is 0 Å². The first-order chi connectivity index (χ1) is 11.3. The number of benzene rings is 1. The van der Waals surface area contributed by atoms with Crippen LogP contribution in [0, 0.1) is 38.0 Å². The zero-order valence-corrected chi connectivity index (χ0v) is 15.7. The largest absolute Gasteiger partial charge is 0.242 e. The number of rotatable bonds is 4. The molecule has 1 aliphatic rings. The van der Waals surface area contributed by atoms with Crippen molar-refractivity contribution in [3.63, 3.8) is 0 Å². The van der Waals surface area contributed by atoms with Gasteiger partial charge in [-0.3, -0.25) is 0 Å². The van der Waals surface area contributed by atoms with Crippen LogP contribution in [0.4, 0.5) is 0 Å². The summed E-state index contributed by atoms with van der Waals surface area (Å²) in [7, 11) is -3.69. The van der Waals surface area contributed by atoms with Crippen molar-refractivity contribution < 1.29 is 8.42 Å². The number of aryl methyl sites for hydroxylation is 3. The summed E-state index contributed by atoms with van der Waals surface area (Å²) < 4.78 is 28.5. The molecule has 1 aromatic carbocycles. The molecule has 1 saturated carbocycles. The first kappa shape index (κ1) is 19.0. The highest BCUT2D eigenvalue weighted by Gasteiger charge is 2.29. The van der Waals surface area contributed by atoms with E-state index in [0.717, 1.165) is 42.4 Å². The second-order valence-corrected chi connectivity index (χ2v) is 8.71. The van der Waals surface area contributed by atoms with E-state index >= 15 is 0 Å². The third-order valence-corrected chi connectivity index (χ3v) is 6.66. The van der Waals surface area contributed by atoms with E-state index < -0.39 is 16.1 Å². The van der Waals surface area contributed by atoms with Crippen molar-refractivity contribution in [2.75, 3.05) is 0 Å². The summed E-state index contributed by atoms with van der Waals surface area (Å²) in [5.41, 5.74) is 2.50. The predicted molar refractivity (Wildman–Crippen MR) is 96.2 cm³/mol. The standard InChI is InChI=1S/C19H28N2O2S/c1-14-11-15(2)19(16(3)12-14)24(22,23)21-18(13-20)17-9-7-5-4-6-8-10-17/h11-12,17-18,21H,4-10H2,1-3H3/t18-/m1/s1. The lowest BCUT2D eigenvalue weighted by Crippen LogP contribution is -2.40. The van der Waals surface area contributed by atoms with Crippen LogP contribution >= 0.6 is 0 Å². The van der Waals surface area contributed by atoms with Gasteiger partial charge in [-0.25, -0.2) is 8.42 Å². The molecule has 0 unspecified atom stereocenters. The zero-order chi connectivity index (χ0) is 17.7. The minimum absolute atomic E-state index is 0.108. The molecule has 0 radical (unpaired) electrons. The van der Waals surface area contributed by atoms with Gasteiger partial charge in [-0.05, 0) is 50.7 Å². The molecule has 0 aliphatic heterocycles. The second-order valence-electron chi connectivity index (χ2n) is 7.06. The Hall–Kier alpha value is -1.38. The molecule has 1 atom stereocenters. The van der Waals surface area contributed by atoms with Gasteiger partial charge >= 0.3 is 0 Å². The second kappa shape index (κ2) is 8.13. The first-order valence-corrected chi connectivity index (χ1v) is 10.3. The Labute approximate surface area is 146 Å². The molecule has 132 valence electrons. The predicted octanol–water partition coefficient (Wildman–Crippen LogP) is 4.14. The molecule has 0 aromatic heterocycles. The lowest BCUT2D eigenvalue weighted by atomic mass is 9.87. The van der Waals surface area contributed by atoms with Crippen LogP contribution in [-0.2, 0) is 10.0 Å². The summed E-state index contributed by atoms with van der Waals surface area (Å²) in [5.74, 6) is 0.108. The van der Waals surface area contributed by atoms with Gasteiger partial charge in [-0.2, -0.15) is 9.98 Å². The Bertz CT molecular complexity index is 688. The average Bonchev–Trinajstić information content (AvgIpc) is 2.43. The van der Waals surface area contributed by atoms with Crippen LogP contribution in [0.15, 0.2) is 17.0 Å². The van der Waals surface area contributed by atoms with Gasteiger partial charge in [0.2, 0.25) is 10.0 Å². The quantitative estimate of drug-likeness (QED) is 0.889. The molecule has 0 amide bonds. The number of nitriles is 1. The normalized spacial score (nSPS) is 18.4. The number of nitrogens with zero attached hydrogens (tertiary/aromatic N) is 1. The molecule has 4 nitrogen and oxygen atoms in total. The molecule has 0 bridgehead atoms. The van der Waals surface area contributed by atoms with E-state index in [1.54, 1.807) is 0 Å². The minimum Gasteiger partial charge on any atom is -0.207 e. The Balaban J connectivity index is 2.24. The lowest BCUT2D eigenvalue weighted by molar-refractivity contribution is 0.343. The van der Waals surface area contributed by atoms with E-state index in [1.165, 1.54) is 19.3 Å². The molecule has 0 spiro atoms. The van der Waals surface area contributed by atoms with Crippen molar-refractivity contribution in [1.82, 2.24) is 4.72 Å². The summed E-state index contributed by atoms with van der Waals surface area (Å²) >= 11 is 0. The van der Waals surface area contributed by atoms with Crippen molar-refractivity contribution in [3.8, 4) is 6.07 Å². The van der Waals surface area contributed by atoms with E-state index in [2.05, 4.69) is 10.8 Å². The molecule has 1 aliphatic carbocycles. The number of nitrogens with one attached hydrogen (secondary N) is 1. The van der Waals surface area contributed by atoms with Crippen LogP contribution in [0.5, 0.6) is 0 Å². The Morgan fingerprint density at radius 3 is 2.04 bits per heavy atom. The van der Waals surface area contributed by atoms with Crippen LogP contribution in [0.3, 0.4) is 0 Å². The Morgan fingerprint density at radius 1 is 1.04 bits per heavy atom. The fourth-order valence-electron chi connectivity index (χ4n) is 3.87. The summed E-state index contributed by atoms with van der Waals surface area (Å²) in [6.45, 7) is 5.58. The molecule has 1 N–H and O–H groups in total. The van der Waals surface area contributed by atoms with Crippen molar-refractivity contribution in [2.45, 2.75) is 76.7 Å². The minimum atomic E-state index is -3.69. The number of hydrogen-bond donors (Lipinski definition) is 1. The molecule has 5 heteroatoms. The van der Waals surface area contributed by atoms with Crippen LogP contribution in [0.2, 0.25) is 0 Å². The van der Waals surface area contributed by atoms with E-state index in [4.69, 9.17) is 0 Å². The summed E-state index contributed by atoms with van der Waals surface area (Å²) in [5, 5.41) is 9.56. The molecule has 0 heterocycles. The number of sulfonamides is 1. The van der Waals surface area contributed by atoms with E-state index in [-0.39, 0.29) is 5.92 Å². The fourth-order valence-corrected chi connectivity index (χ4v) is 5.53. The van der Waals surface area contributed by atoms with Crippen LogP contribution < -0.4 is 4.72 Å². The fraction of sp³-hybridized carbons (Fsp3) is 0.632.